The molecule has 6 atom stereocenters. The largest absolute Gasteiger partial charge is 0.384 e. The summed E-state index contributed by atoms with van der Waals surface area (Å²) in [6.07, 6.45) is 8.16. The van der Waals surface area contributed by atoms with Crippen LogP contribution in [-0.4, -0.2) is 122 Å². The molecule has 13 nitrogen and oxygen atoms in total. The number of carbonyl (C=O) groups is 5. The van der Waals surface area contributed by atoms with Crippen LogP contribution in [0.5, 0.6) is 0 Å². The van der Waals surface area contributed by atoms with E-state index >= 15 is 0 Å². The molecule has 1 aromatic rings. The lowest BCUT2D eigenvalue weighted by Gasteiger charge is -2.21. The van der Waals surface area contributed by atoms with Gasteiger partial charge >= 0.3 is 0 Å². The van der Waals surface area contributed by atoms with Gasteiger partial charge in [-0.25, -0.2) is 0 Å². The van der Waals surface area contributed by atoms with Gasteiger partial charge in [0, 0.05) is 71.1 Å². The third kappa shape index (κ3) is 19.4. The Labute approximate surface area is 359 Å². The summed E-state index contributed by atoms with van der Waals surface area (Å²) < 4.78 is 37.8. The molecule has 1 amide bonds. The van der Waals surface area contributed by atoms with E-state index in [-0.39, 0.29) is 78.1 Å². The van der Waals surface area contributed by atoms with E-state index in [1.165, 1.54) is 5.56 Å². The van der Waals surface area contributed by atoms with Crippen LogP contribution >= 0.6 is 0 Å². The maximum Gasteiger partial charge on any atom is 0.219 e. The van der Waals surface area contributed by atoms with E-state index in [1.54, 1.807) is 21.1 Å². The Kier molecular flexibility index (Phi) is 24.6. The quantitative estimate of drug-likeness (QED) is 0.0348. The van der Waals surface area contributed by atoms with Gasteiger partial charge in [0.15, 0.2) is 23.6 Å². The topological polar surface area (TPSA) is 162 Å². The molecule has 0 bridgehead atoms. The minimum absolute atomic E-state index is 0.0115. The van der Waals surface area contributed by atoms with Gasteiger partial charge in [-0.2, -0.15) is 0 Å². The average molecular weight is 846 g/mol. The summed E-state index contributed by atoms with van der Waals surface area (Å²) in [5.74, 6) is 0.281. The average Bonchev–Trinajstić information content (AvgIpc) is 3.76. The fourth-order valence-corrected chi connectivity index (χ4v) is 8.25. The lowest BCUT2D eigenvalue weighted by Crippen LogP contribution is -2.25. The molecule has 340 valence electrons. The third-order valence-corrected chi connectivity index (χ3v) is 11.7. The number of hydrogen-bond donors (Lipinski definition) is 1. The zero-order valence-electron chi connectivity index (χ0n) is 37.4. The van der Waals surface area contributed by atoms with Crippen molar-refractivity contribution in [1.82, 2.24) is 5.32 Å². The summed E-state index contributed by atoms with van der Waals surface area (Å²) in [7, 11) is 3.12. The molecule has 2 aliphatic carbocycles. The van der Waals surface area contributed by atoms with Crippen molar-refractivity contribution in [1.29, 1.82) is 0 Å². The first kappa shape index (κ1) is 51.4. The van der Waals surface area contributed by atoms with E-state index < -0.39 is 5.92 Å². The van der Waals surface area contributed by atoms with Crippen molar-refractivity contribution in [2.45, 2.75) is 116 Å². The number of unbranched alkanes of at least 4 members (excludes halogenated alkanes) is 2. The smallest absolute Gasteiger partial charge is 0.219 e. The van der Waals surface area contributed by atoms with Crippen LogP contribution in [0.1, 0.15) is 121 Å². The van der Waals surface area contributed by atoms with Gasteiger partial charge in [-0.3, -0.25) is 24.0 Å². The van der Waals surface area contributed by atoms with Gasteiger partial charge in [0.25, 0.3) is 0 Å². The predicted octanol–water partition coefficient (Wildman–Crippen LogP) is 6.50. The number of benzene rings is 1. The Morgan fingerprint density at radius 2 is 1.40 bits per heavy atom. The van der Waals surface area contributed by atoms with Crippen LogP contribution in [-0.2, 0) is 57.8 Å². The molecule has 6 unspecified atom stereocenters. The Morgan fingerprint density at radius 1 is 0.750 bits per heavy atom. The SMILES string of the molecule is COCC(COC(C)OC)CC(=O)COCC(=O)CCCCOCCOCCOCCCNC(=O)CCCCC1CCC2C(C(=O)c3ccc(C(C)(C)C)cc3)C(=O)CC12. The molecule has 13 heteroatoms. The van der Waals surface area contributed by atoms with E-state index in [4.69, 9.17) is 33.2 Å². The molecule has 1 aromatic carbocycles. The molecule has 2 fully saturated rings. The lowest BCUT2D eigenvalue weighted by molar-refractivity contribution is -0.136. The van der Waals surface area contributed by atoms with Crippen molar-refractivity contribution in [2.75, 3.05) is 86.8 Å². The normalized spacial score (nSPS) is 19.9. The molecule has 60 heavy (non-hydrogen) atoms. The number of amides is 1. The lowest BCUT2D eigenvalue weighted by atomic mass is 9.82. The second kappa shape index (κ2) is 28.6. The molecular formula is C47H75NO12. The number of Topliss-reactive ketones (excluding diaryl/α,β-unsaturated/α-hetero) is 4. The van der Waals surface area contributed by atoms with Crippen molar-refractivity contribution in [3.63, 3.8) is 0 Å². The summed E-state index contributed by atoms with van der Waals surface area (Å²) in [5.41, 5.74) is 1.83. The molecule has 2 saturated carbocycles. The molecule has 1 N–H and O–H groups in total. The Morgan fingerprint density at radius 3 is 2.07 bits per heavy atom. The summed E-state index contributed by atoms with van der Waals surface area (Å²) >= 11 is 0. The van der Waals surface area contributed by atoms with Crippen molar-refractivity contribution in [3.8, 4) is 0 Å². The van der Waals surface area contributed by atoms with Crippen molar-refractivity contribution in [2.24, 2.45) is 29.6 Å². The highest BCUT2D eigenvalue weighted by Gasteiger charge is 2.51. The highest BCUT2D eigenvalue weighted by Crippen LogP contribution is 2.51. The molecule has 3 rings (SSSR count). The first-order valence-electron chi connectivity index (χ1n) is 22.3. The second-order valence-electron chi connectivity index (χ2n) is 17.5. The van der Waals surface area contributed by atoms with Crippen LogP contribution in [0.3, 0.4) is 0 Å². The van der Waals surface area contributed by atoms with E-state index in [0.29, 0.717) is 96.6 Å². The van der Waals surface area contributed by atoms with Gasteiger partial charge in [0.2, 0.25) is 5.91 Å². The molecule has 0 heterocycles. The van der Waals surface area contributed by atoms with E-state index in [0.717, 1.165) is 44.9 Å². The van der Waals surface area contributed by atoms with Gasteiger partial charge in [-0.1, -0.05) is 57.9 Å². The number of hydrogen-bond acceptors (Lipinski definition) is 12. The zero-order chi connectivity index (χ0) is 43.8. The van der Waals surface area contributed by atoms with E-state index in [9.17, 15) is 24.0 Å². The zero-order valence-corrected chi connectivity index (χ0v) is 37.4. The standard InChI is InChI=1S/C47H75NO12/c1-34(55-6)60-31-35(30-54-5)28-40(50)33-59-32-39(49)13-9-10-22-56-24-26-58-27-25-57-23-11-21-48-44(52)14-8-7-12-36-17-20-41-42(36)29-43(51)45(41)46(53)37-15-18-38(19-16-37)47(2,3)4/h15-16,18-19,34-36,41-42,45H,7-14,17,20-33H2,1-6H3,(H,48,52). The summed E-state index contributed by atoms with van der Waals surface area (Å²) in [6.45, 7) is 12.2. The van der Waals surface area contributed by atoms with Gasteiger partial charge in [-0.15, -0.1) is 0 Å². The number of carbonyl (C=O) groups excluding carboxylic acids is 5. The van der Waals surface area contributed by atoms with Crippen LogP contribution in [0.25, 0.3) is 0 Å². The number of ketones is 4. The molecule has 2 aliphatic rings. The fraction of sp³-hybridized carbons (Fsp3) is 0.766. The maximum atomic E-state index is 13.4. The van der Waals surface area contributed by atoms with Crippen LogP contribution in [0.15, 0.2) is 24.3 Å². The first-order chi connectivity index (χ1) is 28.8. The highest BCUT2D eigenvalue weighted by atomic mass is 16.7. The summed E-state index contributed by atoms with van der Waals surface area (Å²) in [5, 5.41) is 2.98. The van der Waals surface area contributed by atoms with Gasteiger partial charge < -0.3 is 38.5 Å². The number of ether oxygens (including phenoxy) is 7. The Bertz CT molecular complexity index is 1430. The Hall–Kier alpha value is -2.91. The first-order valence-corrected chi connectivity index (χ1v) is 22.3. The third-order valence-electron chi connectivity index (χ3n) is 11.7. The number of fused-ring (bicyclic) bond motifs is 1. The van der Waals surface area contributed by atoms with Crippen molar-refractivity contribution in [3.05, 3.63) is 35.4 Å². The number of methoxy groups -OCH3 is 2. The molecular weight excluding hydrogens is 771 g/mol. The van der Waals surface area contributed by atoms with Crippen LogP contribution in [0.4, 0.5) is 0 Å². The van der Waals surface area contributed by atoms with Crippen LogP contribution in [0.2, 0.25) is 0 Å². The number of rotatable bonds is 34. The molecule has 0 spiro atoms. The minimum Gasteiger partial charge on any atom is -0.384 e. The van der Waals surface area contributed by atoms with E-state index in [2.05, 4.69) is 26.1 Å². The van der Waals surface area contributed by atoms with Crippen LogP contribution in [0, 0.1) is 29.6 Å². The number of nitrogens with one attached hydrogen (secondary N) is 1. The molecule has 0 aliphatic heterocycles. The summed E-state index contributed by atoms with van der Waals surface area (Å²) in [4.78, 5) is 63.2. The predicted molar refractivity (Wildman–Crippen MR) is 228 cm³/mol. The maximum absolute atomic E-state index is 13.4. The highest BCUT2D eigenvalue weighted by molar-refractivity contribution is 6.12. The second-order valence-corrected chi connectivity index (χ2v) is 17.5. The van der Waals surface area contributed by atoms with Crippen LogP contribution < -0.4 is 5.32 Å². The van der Waals surface area contributed by atoms with Crippen molar-refractivity contribution >= 4 is 29.0 Å². The fourth-order valence-electron chi connectivity index (χ4n) is 8.25. The van der Waals surface area contributed by atoms with Crippen molar-refractivity contribution < 1.29 is 57.1 Å². The molecule has 0 aromatic heterocycles. The van der Waals surface area contributed by atoms with E-state index in [1.807, 2.05) is 24.3 Å². The molecule has 0 saturated heterocycles. The minimum atomic E-state index is -0.500. The van der Waals surface area contributed by atoms with Gasteiger partial charge in [0.1, 0.15) is 19.0 Å². The van der Waals surface area contributed by atoms with Gasteiger partial charge in [-0.05, 0) is 74.2 Å². The monoisotopic (exact) mass is 846 g/mol. The molecule has 0 radical (unpaired) electrons. The Balaban J connectivity index is 1.08. The summed E-state index contributed by atoms with van der Waals surface area (Å²) in [6, 6.07) is 7.81. The van der Waals surface area contributed by atoms with Gasteiger partial charge in [0.05, 0.1) is 45.6 Å².